The van der Waals surface area contributed by atoms with Gasteiger partial charge in [-0.2, -0.15) is 0 Å². The van der Waals surface area contributed by atoms with E-state index in [0.29, 0.717) is 28.6 Å². The molecule has 29 heavy (non-hydrogen) atoms. The molecule has 0 aliphatic heterocycles. The van der Waals surface area contributed by atoms with E-state index in [-0.39, 0.29) is 11.4 Å². The van der Waals surface area contributed by atoms with Gasteiger partial charge in [-0.15, -0.1) is 0 Å². The maximum atomic E-state index is 13.2. The van der Waals surface area contributed by atoms with E-state index < -0.39 is 5.69 Å². The molecule has 0 fully saturated rings. The predicted molar refractivity (Wildman–Crippen MR) is 112 cm³/mol. The number of imidazole rings is 1. The van der Waals surface area contributed by atoms with E-state index in [2.05, 4.69) is 4.98 Å². The van der Waals surface area contributed by atoms with Crippen molar-refractivity contribution >= 4 is 22.9 Å². The SMILES string of the molecule is Cn1c(=O)c2c(nc(SCc3ccc(F)cc3)n2Cc2ccccc2)n(C)c1=O. The summed E-state index contributed by atoms with van der Waals surface area (Å²) in [5.74, 6) is 0.278. The number of aromatic nitrogens is 4. The standard InChI is InChI=1S/C21H19FN4O2S/c1-24-18-17(19(27)25(2)21(24)28)26(12-14-6-4-3-5-7-14)20(23-18)29-13-15-8-10-16(22)11-9-15/h3-11H,12-13H2,1-2H3. The van der Waals surface area contributed by atoms with Crippen molar-refractivity contribution in [3.63, 3.8) is 0 Å². The normalized spacial score (nSPS) is 11.3. The quantitative estimate of drug-likeness (QED) is 0.475. The van der Waals surface area contributed by atoms with Crippen molar-refractivity contribution in [3.8, 4) is 0 Å². The molecule has 0 aliphatic rings. The first kappa shape index (κ1) is 19.2. The molecule has 2 aromatic heterocycles. The van der Waals surface area contributed by atoms with Crippen molar-refractivity contribution < 1.29 is 4.39 Å². The van der Waals surface area contributed by atoms with Gasteiger partial charge >= 0.3 is 5.69 Å². The molecule has 0 radical (unpaired) electrons. The molecule has 4 rings (SSSR count). The van der Waals surface area contributed by atoms with E-state index in [0.717, 1.165) is 15.7 Å². The molecule has 4 aromatic rings. The Labute approximate surface area is 170 Å². The van der Waals surface area contributed by atoms with Gasteiger partial charge in [-0.3, -0.25) is 13.9 Å². The Balaban J connectivity index is 1.83. The zero-order chi connectivity index (χ0) is 20.5. The molecule has 0 unspecified atom stereocenters. The van der Waals surface area contributed by atoms with Crippen LogP contribution in [0.3, 0.4) is 0 Å². The highest BCUT2D eigenvalue weighted by Crippen LogP contribution is 2.26. The van der Waals surface area contributed by atoms with Crippen molar-refractivity contribution in [2.45, 2.75) is 17.5 Å². The fraction of sp³-hybridized carbons (Fsp3) is 0.190. The van der Waals surface area contributed by atoms with Gasteiger partial charge in [-0.1, -0.05) is 54.2 Å². The van der Waals surface area contributed by atoms with Gasteiger partial charge in [-0.05, 0) is 23.3 Å². The molecule has 2 heterocycles. The number of fused-ring (bicyclic) bond motifs is 1. The first-order valence-corrected chi connectivity index (χ1v) is 10.0. The van der Waals surface area contributed by atoms with E-state index in [9.17, 15) is 14.0 Å². The lowest BCUT2D eigenvalue weighted by molar-refractivity contribution is 0.627. The van der Waals surface area contributed by atoms with Crippen LogP contribution < -0.4 is 11.2 Å². The maximum Gasteiger partial charge on any atom is 0.332 e. The zero-order valence-corrected chi connectivity index (χ0v) is 16.8. The molecule has 148 valence electrons. The highest BCUT2D eigenvalue weighted by Gasteiger charge is 2.19. The Kier molecular flexibility index (Phi) is 5.10. The van der Waals surface area contributed by atoms with Gasteiger partial charge in [0, 0.05) is 19.8 Å². The predicted octanol–water partition coefficient (Wildman–Crippen LogP) is 2.91. The fourth-order valence-corrected chi connectivity index (χ4v) is 4.13. The molecule has 0 aliphatic carbocycles. The smallest absolute Gasteiger partial charge is 0.309 e. The van der Waals surface area contributed by atoms with Crippen LogP contribution in [0.2, 0.25) is 0 Å². The van der Waals surface area contributed by atoms with Crippen LogP contribution in [0.15, 0.2) is 69.3 Å². The number of hydrogen-bond acceptors (Lipinski definition) is 4. The monoisotopic (exact) mass is 410 g/mol. The summed E-state index contributed by atoms with van der Waals surface area (Å²) in [6.07, 6.45) is 0. The Morgan fingerprint density at radius 1 is 0.931 bits per heavy atom. The summed E-state index contributed by atoms with van der Waals surface area (Å²) in [6.45, 7) is 0.455. The average molecular weight is 410 g/mol. The summed E-state index contributed by atoms with van der Waals surface area (Å²) >= 11 is 1.45. The summed E-state index contributed by atoms with van der Waals surface area (Å²) in [5.41, 5.74) is 1.92. The number of benzene rings is 2. The van der Waals surface area contributed by atoms with Crippen LogP contribution in [0.5, 0.6) is 0 Å². The second-order valence-corrected chi connectivity index (χ2v) is 7.70. The van der Waals surface area contributed by atoms with E-state index in [1.807, 2.05) is 34.9 Å². The molecule has 0 amide bonds. The lowest BCUT2D eigenvalue weighted by Crippen LogP contribution is -2.37. The highest BCUT2D eigenvalue weighted by molar-refractivity contribution is 7.98. The third kappa shape index (κ3) is 3.63. The molecule has 0 saturated heterocycles. The van der Waals surface area contributed by atoms with Crippen molar-refractivity contribution in [1.29, 1.82) is 0 Å². The largest absolute Gasteiger partial charge is 0.332 e. The topological polar surface area (TPSA) is 61.8 Å². The minimum Gasteiger partial charge on any atom is -0.309 e. The van der Waals surface area contributed by atoms with Crippen LogP contribution in [0.25, 0.3) is 11.2 Å². The second kappa shape index (κ2) is 7.71. The Bertz CT molecular complexity index is 1290. The molecule has 8 heteroatoms. The summed E-state index contributed by atoms with van der Waals surface area (Å²) in [4.78, 5) is 29.8. The van der Waals surface area contributed by atoms with Gasteiger partial charge in [0.2, 0.25) is 0 Å². The molecule has 0 N–H and O–H groups in total. The van der Waals surface area contributed by atoms with Crippen LogP contribution in [0.1, 0.15) is 11.1 Å². The minimum absolute atomic E-state index is 0.284. The van der Waals surface area contributed by atoms with E-state index in [1.165, 1.54) is 35.5 Å². The second-order valence-electron chi connectivity index (χ2n) is 6.76. The van der Waals surface area contributed by atoms with Crippen LogP contribution in [-0.4, -0.2) is 18.7 Å². The number of nitrogens with zero attached hydrogens (tertiary/aromatic N) is 4. The van der Waals surface area contributed by atoms with Crippen molar-refractivity contribution in [3.05, 3.63) is 92.4 Å². The van der Waals surface area contributed by atoms with Crippen LogP contribution in [-0.2, 0) is 26.4 Å². The average Bonchev–Trinajstić information content (AvgIpc) is 3.09. The van der Waals surface area contributed by atoms with Gasteiger partial charge in [0.1, 0.15) is 5.82 Å². The number of halogens is 1. The molecule has 0 spiro atoms. The third-order valence-corrected chi connectivity index (χ3v) is 5.83. The van der Waals surface area contributed by atoms with Crippen LogP contribution in [0.4, 0.5) is 4.39 Å². The van der Waals surface area contributed by atoms with Gasteiger partial charge in [0.05, 0.1) is 6.54 Å². The van der Waals surface area contributed by atoms with Crippen LogP contribution in [0, 0.1) is 5.82 Å². The summed E-state index contributed by atoms with van der Waals surface area (Å²) < 4.78 is 17.5. The number of hydrogen-bond donors (Lipinski definition) is 0. The number of aryl methyl sites for hydroxylation is 1. The van der Waals surface area contributed by atoms with Crippen molar-refractivity contribution in [1.82, 2.24) is 18.7 Å². The first-order valence-electron chi connectivity index (χ1n) is 9.03. The summed E-state index contributed by atoms with van der Waals surface area (Å²) in [7, 11) is 3.08. The van der Waals surface area contributed by atoms with Crippen molar-refractivity contribution in [2.75, 3.05) is 0 Å². The zero-order valence-electron chi connectivity index (χ0n) is 16.0. The molecule has 0 saturated carbocycles. The Morgan fingerprint density at radius 2 is 1.62 bits per heavy atom. The minimum atomic E-state index is -0.415. The van der Waals surface area contributed by atoms with E-state index >= 15 is 0 Å². The number of rotatable bonds is 5. The lowest BCUT2D eigenvalue weighted by Gasteiger charge is -2.09. The van der Waals surface area contributed by atoms with E-state index in [4.69, 9.17) is 0 Å². The number of thioether (sulfide) groups is 1. The highest BCUT2D eigenvalue weighted by atomic mass is 32.2. The molecule has 0 bridgehead atoms. The van der Waals surface area contributed by atoms with Gasteiger partial charge in [0.15, 0.2) is 16.3 Å². The summed E-state index contributed by atoms with van der Waals surface area (Å²) in [5, 5.41) is 0.631. The van der Waals surface area contributed by atoms with E-state index in [1.54, 1.807) is 19.2 Å². The van der Waals surface area contributed by atoms with Crippen LogP contribution >= 0.6 is 11.8 Å². The third-order valence-electron chi connectivity index (χ3n) is 4.78. The van der Waals surface area contributed by atoms with Gasteiger partial charge in [-0.25, -0.2) is 14.2 Å². The van der Waals surface area contributed by atoms with Gasteiger partial charge < -0.3 is 4.57 Å². The molecule has 2 aromatic carbocycles. The fourth-order valence-electron chi connectivity index (χ4n) is 3.18. The summed E-state index contributed by atoms with van der Waals surface area (Å²) in [6, 6.07) is 16.1. The Hall–Kier alpha value is -3.13. The lowest BCUT2D eigenvalue weighted by atomic mass is 10.2. The molecular formula is C21H19FN4O2S. The Morgan fingerprint density at radius 3 is 2.31 bits per heavy atom. The molecule has 0 atom stereocenters. The molecular weight excluding hydrogens is 391 g/mol. The van der Waals surface area contributed by atoms with Gasteiger partial charge in [0.25, 0.3) is 5.56 Å². The van der Waals surface area contributed by atoms with Crippen molar-refractivity contribution in [2.24, 2.45) is 14.1 Å². The maximum absolute atomic E-state index is 13.2. The molecule has 6 nitrogen and oxygen atoms in total. The first-order chi connectivity index (χ1) is 14.0.